The number of nitrogens with one attached hydrogen (secondary N) is 4. The summed E-state index contributed by atoms with van der Waals surface area (Å²) in [5, 5.41) is 18.9. The van der Waals surface area contributed by atoms with E-state index >= 15 is 0 Å². The van der Waals surface area contributed by atoms with Crippen LogP contribution in [0.3, 0.4) is 0 Å². The number of para-hydroxylation sites is 1. The highest BCUT2D eigenvalue weighted by molar-refractivity contribution is 7.70. The summed E-state index contributed by atoms with van der Waals surface area (Å²) >= 11 is 0. The molecular formula is C21H30N9O14P3. The highest BCUT2D eigenvalue weighted by atomic mass is 31.3. The van der Waals surface area contributed by atoms with Crippen molar-refractivity contribution in [2.24, 2.45) is 0 Å². The smallest absolute Gasteiger partial charge is 0.439 e. The molecule has 1 aliphatic rings. The third-order valence-corrected chi connectivity index (χ3v) is 10.4. The molecule has 0 bridgehead atoms. The van der Waals surface area contributed by atoms with Gasteiger partial charge >= 0.3 is 29.4 Å². The number of nitrogens with zero attached hydrogens (tertiary/aromatic N) is 4. The van der Waals surface area contributed by atoms with Crippen LogP contribution in [0.15, 0.2) is 36.9 Å². The topological polar surface area (TPSA) is 341 Å². The number of rotatable bonds is 14. The van der Waals surface area contributed by atoms with Crippen molar-refractivity contribution in [1.29, 1.82) is 0 Å². The zero-order chi connectivity index (χ0) is 34.6. The fourth-order valence-corrected chi connectivity index (χ4v) is 7.71. The molecule has 6 atom stereocenters. The number of phosphoric ester groups is 1. The first kappa shape index (κ1) is 36.3. The number of aromatic nitrogens is 4. The van der Waals surface area contributed by atoms with Gasteiger partial charge in [-0.2, -0.15) is 4.31 Å². The minimum absolute atomic E-state index is 0.0162. The van der Waals surface area contributed by atoms with Gasteiger partial charge in [0.1, 0.15) is 24.1 Å². The number of benzene rings is 1. The van der Waals surface area contributed by atoms with Crippen molar-refractivity contribution in [2.45, 2.75) is 24.5 Å². The monoisotopic (exact) mass is 725 g/mol. The molecule has 11 N–H and O–H groups in total. The zero-order valence-electron chi connectivity index (χ0n) is 24.0. The van der Waals surface area contributed by atoms with Gasteiger partial charge in [-0.1, -0.05) is 12.1 Å². The lowest BCUT2D eigenvalue weighted by Crippen LogP contribution is -2.41. The van der Waals surface area contributed by atoms with Crippen LogP contribution in [-0.2, 0) is 32.0 Å². The Bertz CT molecular complexity index is 1760. The van der Waals surface area contributed by atoms with Gasteiger partial charge in [0.25, 0.3) is 5.91 Å². The maximum atomic E-state index is 12.7. The van der Waals surface area contributed by atoms with Crippen molar-refractivity contribution in [1.82, 2.24) is 35.0 Å². The van der Waals surface area contributed by atoms with Crippen molar-refractivity contribution < 1.29 is 66.3 Å². The molecule has 2 unspecified atom stereocenters. The predicted octanol–water partition coefficient (Wildman–Crippen LogP) is -0.850. The summed E-state index contributed by atoms with van der Waals surface area (Å²) in [5.41, 5.74) is 6.98. The van der Waals surface area contributed by atoms with Gasteiger partial charge in [-0.15, -0.1) is 4.86 Å². The van der Waals surface area contributed by atoms with Crippen LogP contribution in [-0.4, -0.2) is 101 Å². The number of alkyl carbamates (subject to hydrolysis) is 1. The Morgan fingerprint density at radius 2 is 1.77 bits per heavy atom. The highest BCUT2D eigenvalue weighted by Gasteiger charge is 2.49. The summed E-state index contributed by atoms with van der Waals surface area (Å²) < 4.78 is 55.9. The Kier molecular flexibility index (Phi) is 11.3. The number of nitrogens with two attached hydrogens (primary N) is 1. The third-order valence-electron chi connectivity index (χ3n) is 6.21. The zero-order valence-corrected chi connectivity index (χ0v) is 26.7. The Morgan fingerprint density at radius 3 is 2.47 bits per heavy atom. The van der Waals surface area contributed by atoms with Gasteiger partial charge in [0.15, 0.2) is 23.8 Å². The van der Waals surface area contributed by atoms with Crippen molar-refractivity contribution in [3.05, 3.63) is 42.5 Å². The van der Waals surface area contributed by atoms with Crippen molar-refractivity contribution in [3.8, 4) is 0 Å². The molecule has 0 aliphatic carbocycles. The molecule has 1 aromatic carbocycles. The average Bonchev–Trinajstić information content (AvgIpc) is 3.54. The minimum Gasteiger partial charge on any atom is -0.439 e. The van der Waals surface area contributed by atoms with Crippen LogP contribution in [0.25, 0.3) is 11.2 Å². The van der Waals surface area contributed by atoms with E-state index in [1.54, 1.807) is 31.3 Å². The van der Waals surface area contributed by atoms with E-state index in [1.807, 2.05) is 0 Å². The van der Waals surface area contributed by atoms with Crippen molar-refractivity contribution in [2.75, 3.05) is 37.8 Å². The van der Waals surface area contributed by atoms with E-state index in [9.17, 15) is 38.2 Å². The normalized spacial score (nSPS) is 22.3. The van der Waals surface area contributed by atoms with Gasteiger partial charge in [-0.25, -0.2) is 33.4 Å². The summed E-state index contributed by atoms with van der Waals surface area (Å²) in [5.74, 6) is -0.432. The summed E-state index contributed by atoms with van der Waals surface area (Å²) in [6.45, 7) is -1.16. The lowest BCUT2D eigenvalue weighted by Gasteiger charge is -2.22. The number of anilines is 2. The number of carbonyl (C=O) groups excluding carboxylic acids is 2. The van der Waals surface area contributed by atoms with E-state index in [-0.39, 0.29) is 30.1 Å². The number of ether oxygens (including phenoxy) is 2. The molecule has 3 heterocycles. The van der Waals surface area contributed by atoms with Crippen molar-refractivity contribution in [3.63, 3.8) is 0 Å². The second kappa shape index (κ2) is 14.7. The fourth-order valence-electron chi connectivity index (χ4n) is 4.28. The van der Waals surface area contributed by atoms with Crippen LogP contribution in [0.4, 0.5) is 16.3 Å². The number of fused-ring (bicyclic) bond motifs is 1. The predicted molar refractivity (Wildman–Crippen MR) is 158 cm³/mol. The van der Waals surface area contributed by atoms with E-state index in [4.69, 9.17) is 25.0 Å². The van der Waals surface area contributed by atoms with Crippen LogP contribution < -0.4 is 26.5 Å². The largest absolute Gasteiger partial charge is 0.480 e. The molecule has 1 aliphatic heterocycles. The Hall–Kier alpha value is -3.56. The first-order valence-corrected chi connectivity index (χ1v) is 17.8. The summed E-state index contributed by atoms with van der Waals surface area (Å²) in [6, 6.07) is 6.74. The van der Waals surface area contributed by atoms with Gasteiger partial charge in [-0.3, -0.25) is 13.9 Å². The molecular weight excluding hydrogens is 695 g/mol. The van der Waals surface area contributed by atoms with E-state index in [0.717, 1.165) is 11.2 Å². The quantitative estimate of drug-likeness (QED) is 0.0714. The van der Waals surface area contributed by atoms with Crippen LogP contribution in [0.1, 0.15) is 16.6 Å². The third kappa shape index (κ3) is 9.51. The summed E-state index contributed by atoms with van der Waals surface area (Å²) in [7, 11) is -14.8. The maximum Gasteiger partial charge on any atom is 0.480 e. The number of amides is 2. The van der Waals surface area contributed by atoms with Crippen molar-refractivity contribution >= 4 is 58.0 Å². The van der Waals surface area contributed by atoms with Crippen LogP contribution in [0.2, 0.25) is 0 Å². The standard InChI is InChI=1S/C21H30N9O14P3/c1-23-12-5-3-2-4-11(12)19(32)24-6-7-25-21(33)43-16-15(31)13(8-41-47(39,40)44-46(37,38)29-45(34,35)36)42-20(16)30-10-28-14-17(22)26-9-27-18(14)30/h2-5,9-10,13,15-16,20,23,31H,6-8H2,1H3,(H,24,32)(H,25,33)(H,39,40)(H2,22,26,27)(H4,29,34,35,36,37,38)/t13-,15-,16-,20-/m1/s1. The van der Waals surface area contributed by atoms with E-state index in [2.05, 4.69) is 39.7 Å². The first-order chi connectivity index (χ1) is 22.0. The number of imidazole rings is 1. The fraction of sp³-hybridized carbons (Fsp3) is 0.381. The molecule has 258 valence electrons. The Labute approximate surface area is 264 Å². The molecule has 0 spiro atoms. The number of hydrogen-bond acceptors (Lipinski definition) is 15. The number of nitrogen functional groups attached to an aromatic ring is 1. The molecule has 3 aromatic rings. The second-order valence-electron chi connectivity index (χ2n) is 9.50. The lowest BCUT2D eigenvalue weighted by atomic mass is 10.1. The van der Waals surface area contributed by atoms with Gasteiger partial charge < -0.3 is 55.8 Å². The molecule has 26 heteroatoms. The molecule has 4 rings (SSSR count). The van der Waals surface area contributed by atoms with E-state index < -0.39 is 66.5 Å². The lowest BCUT2D eigenvalue weighted by molar-refractivity contribution is -0.0521. The Balaban J connectivity index is 1.43. The van der Waals surface area contributed by atoms with E-state index in [1.165, 1.54) is 10.9 Å². The van der Waals surface area contributed by atoms with Gasteiger partial charge in [0, 0.05) is 25.8 Å². The molecule has 0 radical (unpaired) electrons. The summed E-state index contributed by atoms with van der Waals surface area (Å²) in [6.07, 6.45) is -5.17. The number of aliphatic hydroxyl groups excluding tert-OH is 1. The number of hydrogen-bond donors (Lipinski definition) is 10. The maximum absolute atomic E-state index is 12.7. The van der Waals surface area contributed by atoms with Crippen LogP contribution >= 0.6 is 23.3 Å². The molecule has 1 saturated heterocycles. The number of aliphatic hydroxyl groups is 1. The highest BCUT2D eigenvalue weighted by Crippen LogP contribution is 2.61. The van der Waals surface area contributed by atoms with Gasteiger partial charge in [0.2, 0.25) is 0 Å². The Morgan fingerprint density at radius 1 is 1.06 bits per heavy atom. The summed E-state index contributed by atoms with van der Waals surface area (Å²) in [4.78, 5) is 75.0. The molecule has 2 amide bonds. The SMILES string of the molecule is CNc1ccccc1C(=O)NCCNC(=O)O[C@@H]1[C@H](O)[C@@H](COP(=O)(O)OP(=O)(O)NP(=O)(O)O)O[C@H]1n1cnc2c(N)ncnc21. The second-order valence-corrected chi connectivity index (χ2v) is 14.3. The number of carbonyl (C=O) groups is 2. The molecule has 23 nitrogen and oxygen atoms in total. The minimum atomic E-state index is -5.57. The molecule has 47 heavy (non-hydrogen) atoms. The van der Waals surface area contributed by atoms with Crippen LogP contribution in [0, 0.1) is 0 Å². The van der Waals surface area contributed by atoms with Crippen LogP contribution in [0.5, 0.6) is 0 Å². The molecule has 0 saturated carbocycles. The molecule has 2 aromatic heterocycles. The van der Waals surface area contributed by atoms with Gasteiger partial charge in [0.05, 0.1) is 18.5 Å². The first-order valence-electron chi connectivity index (χ1n) is 13.1. The van der Waals surface area contributed by atoms with E-state index in [0.29, 0.717) is 11.3 Å². The molecule has 1 fully saturated rings. The number of phosphoric acid groups is 1. The van der Waals surface area contributed by atoms with Gasteiger partial charge in [-0.05, 0) is 12.1 Å². The average molecular weight is 725 g/mol.